The van der Waals surface area contributed by atoms with Gasteiger partial charge in [-0.2, -0.15) is 0 Å². The summed E-state index contributed by atoms with van der Waals surface area (Å²) in [5.41, 5.74) is 2.32. The van der Waals surface area contributed by atoms with E-state index in [0.717, 1.165) is 14.9 Å². The molecule has 0 amide bonds. The lowest BCUT2D eigenvalue weighted by Crippen LogP contribution is -2.05. The summed E-state index contributed by atoms with van der Waals surface area (Å²) < 4.78 is 2.64. The van der Waals surface area contributed by atoms with Crippen molar-refractivity contribution in [2.75, 3.05) is 0 Å². The highest BCUT2D eigenvalue weighted by atomic mass is 79.9. The Kier molecular flexibility index (Phi) is 3.85. The van der Waals surface area contributed by atoms with Crippen molar-refractivity contribution in [1.29, 1.82) is 0 Å². The molecule has 1 aromatic carbocycles. The third kappa shape index (κ3) is 2.88. The first-order chi connectivity index (χ1) is 10.1. The van der Waals surface area contributed by atoms with Crippen LogP contribution in [0.1, 0.15) is 16.1 Å². The van der Waals surface area contributed by atoms with Gasteiger partial charge in [-0.1, -0.05) is 35.5 Å². The zero-order chi connectivity index (χ0) is 14.8. The largest absolute Gasteiger partial charge is 0.476 e. The van der Waals surface area contributed by atoms with Gasteiger partial charge in [0.25, 0.3) is 0 Å². The van der Waals surface area contributed by atoms with Crippen LogP contribution in [0.25, 0.3) is 11.3 Å². The molecule has 0 radical (unpaired) electrons. The molecule has 0 saturated carbocycles. The van der Waals surface area contributed by atoms with Crippen LogP contribution in [0.3, 0.4) is 0 Å². The Morgan fingerprint density at radius 3 is 2.71 bits per heavy atom. The Morgan fingerprint density at radius 2 is 2.10 bits per heavy atom. The van der Waals surface area contributed by atoms with Gasteiger partial charge in [-0.25, -0.2) is 9.48 Å². The number of carbonyl (C=O) groups is 1. The summed E-state index contributed by atoms with van der Waals surface area (Å²) in [7, 11) is 0. The Bertz CT molecular complexity index is 783. The maximum atomic E-state index is 11.3. The predicted octanol–water partition coefficient (Wildman–Crippen LogP) is 3.52. The van der Waals surface area contributed by atoms with E-state index in [9.17, 15) is 9.90 Å². The molecule has 0 fully saturated rings. The van der Waals surface area contributed by atoms with Crippen LogP contribution in [-0.4, -0.2) is 26.1 Å². The Morgan fingerprint density at radius 1 is 1.33 bits per heavy atom. The normalized spacial score (nSPS) is 10.7. The monoisotopic (exact) mass is 363 g/mol. The molecule has 0 aliphatic heterocycles. The number of aromatic carboxylic acids is 1. The van der Waals surface area contributed by atoms with E-state index < -0.39 is 5.97 Å². The zero-order valence-corrected chi connectivity index (χ0v) is 13.1. The van der Waals surface area contributed by atoms with Crippen molar-refractivity contribution < 1.29 is 9.90 Å². The van der Waals surface area contributed by atoms with E-state index in [1.165, 1.54) is 0 Å². The highest BCUT2D eigenvalue weighted by Crippen LogP contribution is 2.25. The number of rotatable bonds is 4. The van der Waals surface area contributed by atoms with E-state index in [0.29, 0.717) is 12.2 Å². The number of halogens is 1. The van der Waals surface area contributed by atoms with Gasteiger partial charge < -0.3 is 5.11 Å². The molecule has 3 rings (SSSR count). The summed E-state index contributed by atoms with van der Waals surface area (Å²) in [6.07, 6.45) is 0. The molecule has 21 heavy (non-hydrogen) atoms. The molecule has 0 bridgehead atoms. The Balaban J connectivity index is 2.07. The number of carboxylic acids is 1. The van der Waals surface area contributed by atoms with Crippen molar-refractivity contribution in [2.45, 2.75) is 6.54 Å². The van der Waals surface area contributed by atoms with Crippen molar-refractivity contribution >= 4 is 33.2 Å². The van der Waals surface area contributed by atoms with E-state index in [1.807, 2.05) is 41.8 Å². The highest BCUT2D eigenvalue weighted by Gasteiger charge is 2.20. The number of benzene rings is 1. The van der Waals surface area contributed by atoms with Crippen LogP contribution in [0.4, 0.5) is 0 Å². The summed E-state index contributed by atoms with van der Waals surface area (Å²) >= 11 is 4.99. The molecule has 106 valence electrons. The van der Waals surface area contributed by atoms with Crippen molar-refractivity contribution in [3.8, 4) is 11.3 Å². The second-order valence-corrected chi connectivity index (χ2v) is 6.67. The molecule has 0 spiro atoms. The molecule has 0 atom stereocenters. The molecule has 2 heterocycles. The van der Waals surface area contributed by atoms with Crippen molar-refractivity contribution in [2.24, 2.45) is 0 Å². The van der Waals surface area contributed by atoms with Crippen molar-refractivity contribution in [3.05, 3.63) is 56.8 Å². The third-order valence-electron chi connectivity index (χ3n) is 2.94. The van der Waals surface area contributed by atoms with Crippen LogP contribution in [0.5, 0.6) is 0 Å². The maximum Gasteiger partial charge on any atom is 0.358 e. The molecular weight excluding hydrogens is 354 g/mol. The molecule has 5 nitrogen and oxygen atoms in total. The summed E-state index contributed by atoms with van der Waals surface area (Å²) in [5.74, 6) is -1.08. The molecule has 7 heteroatoms. The van der Waals surface area contributed by atoms with Crippen LogP contribution in [0.15, 0.2) is 45.6 Å². The Labute approximate surface area is 133 Å². The van der Waals surface area contributed by atoms with Gasteiger partial charge >= 0.3 is 5.97 Å². The van der Waals surface area contributed by atoms with Gasteiger partial charge in [0.15, 0.2) is 5.69 Å². The van der Waals surface area contributed by atoms with Gasteiger partial charge in [0, 0.05) is 5.56 Å². The number of nitrogens with zero attached hydrogens (tertiary/aromatic N) is 3. The molecule has 0 aliphatic rings. The maximum absolute atomic E-state index is 11.3. The Hall–Kier alpha value is -1.99. The smallest absolute Gasteiger partial charge is 0.358 e. The van der Waals surface area contributed by atoms with Gasteiger partial charge in [0.1, 0.15) is 5.69 Å². The minimum Gasteiger partial charge on any atom is -0.476 e. The second kappa shape index (κ2) is 5.79. The molecule has 2 aromatic heterocycles. The van der Waals surface area contributed by atoms with E-state index in [-0.39, 0.29) is 5.69 Å². The van der Waals surface area contributed by atoms with Crippen molar-refractivity contribution in [1.82, 2.24) is 15.0 Å². The SMILES string of the molecule is O=C(O)c1nnn(Cc2csc(Br)c2)c1-c1ccccc1. The lowest BCUT2D eigenvalue weighted by Gasteiger charge is -2.06. The van der Waals surface area contributed by atoms with Gasteiger partial charge in [-0.05, 0) is 32.9 Å². The number of hydrogen-bond donors (Lipinski definition) is 1. The average molecular weight is 364 g/mol. The first kappa shape index (κ1) is 14.0. The first-order valence-corrected chi connectivity index (χ1v) is 7.77. The van der Waals surface area contributed by atoms with Gasteiger partial charge in [0.05, 0.1) is 10.3 Å². The fraction of sp³-hybridized carbons (Fsp3) is 0.0714. The van der Waals surface area contributed by atoms with Crippen LogP contribution in [0.2, 0.25) is 0 Å². The van der Waals surface area contributed by atoms with Gasteiger partial charge in [-0.15, -0.1) is 16.4 Å². The molecular formula is C14H10BrN3O2S. The summed E-state index contributed by atoms with van der Waals surface area (Å²) in [6, 6.07) is 11.3. The minimum absolute atomic E-state index is 0.0319. The summed E-state index contributed by atoms with van der Waals surface area (Å²) in [6.45, 7) is 0.479. The van der Waals surface area contributed by atoms with E-state index in [2.05, 4.69) is 26.2 Å². The topological polar surface area (TPSA) is 68.0 Å². The van der Waals surface area contributed by atoms with Gasteiger partial charge in [0.2, 0.25) is 0 Å². The number of hydrogen-bond acceptors (Lipinski definition) is 4. The average Bonchev–Trinajstić information content (AvgIpc) is 3.07. The zero-order valence-electron chi connectivity index (χ0n) is 10.7. The third-order valence-corrected chi connectivity index (χ3v) is 4.49. The quantitative estimate of drug-likeness (QED) is 0.769. The lowest BCUT2D eigenvalue weighted by molar-refractivity contribution is 0.0691. The van der Waals surface area contributed by atoms with Crippen molar-refractivity contribution in [3.63, 3.8) is 0 Å². The molecule has 0 unspecified atom stereocenters. The van der Waals surface area contributed by atoms with E-state index in [1.54, 1.807) is 16.0 Å². The second-order valence-electron chi connectivity index (χ2n) is 4.37. The standard InChI is InChI=1S/C14H10BrN3O2S/c15-11-6-9(8-21-11)7-18-13(10-4-2-1-3-5-10)12(14(19)20)16-17-18/h1-6,8H,7H2,(H,19,20). The highest BCUT2D eigenvalue weighted by molar-refractivity contribution is 9.11. The lowest BCUT2D eigenvalue weighted by atomic mass is 10.1. The predicted molar refractivity (Wildman–Crippen MR) is 83.5 cm³/mol. The minimum atomic E-state index is -1.08. The summed E-state index contributed by atoms with van der Waals surface area (Å²) in [5, 5.41) is 19.1. The van der Waals surface area contributed by atoms with Crippen LogP contribution in [0, 0.1) is 0 Å². The van der Waals surface area contributed by atoms with Crippen LogP contribution < -0.4 is 0 Å². The fourth-order valence-corrected chi connectivity index (χ4v) is 3.25. The summed E-state index contributed by atoms with van der Waals surface area (Å²) in [4.78, 5) is 11.3. The number of aromatic nitrogens is 3. The first-order valence-electron chi connectivity index (χ1n) is 6.10. The molecule has 0 aliphatic carbocycles. The van der Waals surface area contributed by atoms with E-state index in [4.69, 9.17) is 0 Å². The number of thiophene rings is 1. The molecule has 0 saturated heterocycles. The molecule has 3 aromatic rings. The number of carboxylic acid groups (broad SMARTS) is 1. The van der Waals surface area contributed by atoms with E-state index >= 15 is 0 Å². The van der Waals surface area contributed by atoms with Crippen LogP contribution in [-0.2, 0) is 6.54 Å². The van der Waals surface area contributed by atoms with Crippen LogP contribution >= 0.6 is 27.3 Å². The molecule has 1 N–H and O–H groups in total. The van der Waals surface area contributed by atoms with Gasteiger partial charge in [-0.3, -0.25) is 0 Å². The fourth-order valence-electron chi connectivity index (χ4n) is 2.05.